The predicted molar refractivity (Wildman–Crippen MR) is 97.9 cm³/mol. The lowest BCUT2D eigenvalue weighted by atomic mass is 9.92. The summed E-state index contributed by atoms with van der Waals surface area (Å²) in [5, 5.41) is 7.11. The van der Waals surface area contributed by atoms with Crippen LogP contribution in [0.3, 0.4) is 0 Å². The van der Waals surface area contributed by atoms with Gasteiger partial charge < -0.3 is 5.32 Å². The van der Waals surface area contributed by atoms with Crippen molar-refractivity contribution < 1.29 is 13.2 Å². The maximum Gasteiger partial charge on any atom is 0.246 e. The number of amides is 1. The van der Waals surface area contributed by atoms with Crippen molar-refractivity contribution in [3.05, 3.63) is 11.8 Å². The molecule has 0 bridgehead atoms. The molecule has 1 aromatic heterocycles. The summed E-state index contributed by atoms with van der Waals surface area (Å²) in [7, 11) is -1.89. The number of carbonyl (C=O) groups excluding carboxylic acids is 1. The molecule has 0 saturated carbocycles. The highest BCUT2D eigenvalue weighted by molar-refractivity contribution is 7.93. The third-order valence-corrected chi connectivity index (χ3v) is 6.82. The largest absolute Gasteiger partial charge is 0.310 e. The zero-order chi connectivity index (χ0) is 19.1. The molecule has 0 aliphatic rings. The highest BCUT2D eigenvalue weighted by Crippen LogP contribution is 2.28. The van der Waals surface area contributed by atoms with Gasteiger partial charge in [0.05, 0.1) is 11.4 Å². The van der Waals surface area contributed by atoms with E-state index < -0.39 is 25.9 Å². The smallest absolute Gasteiger partial charge is 0.246 e. The van der Waals surface area contributed by atoms with E-state index in [2.05, 4.69) is 10.4 Å². The number of aryl methyl sites for hydroxylation is 1. The number of aromatic nitrogens is 2. The van der Waals surface area contributed by atoms with E-state index in [1.807, 2.05) is 41.5 Å². The molecule has 6 nitrogen and oxygen atoms in total. The van der Waals surface area contributed by atoms with E-state index in [9.17, 15) is 13.2 Å². The summed E-state index contributed by atoms with van der Waals surface area (Å²) in [4.78, 5) is 12.6. The van der Waals surface area contributed by atoms with E-state index >= 15 is 0 Å². The summed E-state index contributed by atoms with van der Waals surface area (Å²) < 4.78 is 25.4. The number of carbonyl (C=O) groups is 1. The van der Waals surface area contributed by atoms with E-state index in [0.29, 0.717) is 5.82 Å². The Hall–Kier alpha value is -1.37. The first-order valence-electron chi connectivity index (χ1n) is 8.06. The van der Waals surface area contributed by atoms with Gasteiger partial charge >= 0.3 is 0 Å². The molecule has 0 unspecified atom stereocenters. The second kappa shape index (κ2) is 6.17. The standard InChI is InChI=1S/C17H31N3O3S/c1-15(2,3)11-24(22,23)17(7,8)14(21)18-13-10-12(16(4,5)6)19-20(13)9/h10H,11H2,1-9H3,(H,18,21). The van der Waals surface area contributed by atoms with Crippen LogP contribution in [0, 0.1) is 5.41 Å². The fourth-order valence-electron chi connectivity index (χ4n) is 2.11. The van der Waals surface area contributed by atoms with Crippen LogP contribution in [0.25, 0.3) is 0 Å². The molecule has 24 heavy (non-hydrogen) atoms. The Balaban J connectivity index is 3.09. The molecule has 0 atom stereocenters. The lowest BCUT2D eigenvalue weighted by molar-refractivity contribution is -0.117. The maximum atomic E-state index is 12.7. The fourth-order valence-corrected chi connectivity index (χ4v) is 3.94. The Morgan fingerprint density at radius 1 is 1.12 bits per heavy atom. The van der Waals surface area contributed by atoms with Gasteiger partial charge in [-0.2, -0.15) is 5.10 Å². The average Bonchev–Trinajstić information content (AvgIpc) is 2.67. The van der Waals surface area contributed by atoms with Crippen molar-refractivity contribution in [1.29, 1.82) is 0 Å². The third kappa shape index (κ3) is 4.59. The van der Waals surface area contributed by atoms with Crippen LogP contribution < -0.4 is 5.32 Å². The van der Waals surface area contributed by atoms with Crippen LogP contribution in [0.5, 0.6) is 0 Å². The molecule has 0 fully saturated rings. The summed E-state index contributed by atoms with van der Waals surface area (Å²) >= 11 is 0. The van der Waals surface area contributed by atoms with Crippen molar-refractivity contribution in [1.82, 2.24) is 9.78 Å². The number of hydrogen-bond acceptors (Lipinski definition) is 4. The number of rotatable bonds is 4. The van der Waals surface area contributed by atoms with Gasteiger partial charge in [-0.25, -0.2) is 8.42 Å². The minimum atomic E-state index is -3.61. The molecule has 1 heterocycles. The van der Waals surface area contributed by atoms with Crippen LogP contribution in [0.4, 0.5) is 5.82 Å². The van der Waals surface area contributed by atoms with Gasteiger partial charge in [-0.15, -0.1) is 0 Å². The Morgan fingerprint density at radius 3 is 2.00 bits per heavy atom. The summed E-state index contributed by atoms with van der Waals surface area (Å²) in [6, 6.07) is 1.78. The molecule has 0 radical (unpaired) electrons. The van der Waals surface area contributed by atoms with Crippen LogP contribution in [0.15, 0.2) is 6.07 Å². The van der Waals surface area contributed by atoms with Crippen molar-refractivity contribution >= 4 is 21.6 Å². The van der Waals surface area contributed by atoms with Gasteiger partial charge in [0.1, 0.15) is 10.6 Å². The minimum absolute atomic E-state index is 0.0565. The molecule has 1 rings (SSSR count). The number of nitrogens with zero attached hydrogens (tertiary/aromatic N) is 2. The molecule has 7 heteroatoms. The first-order chi connectivity index (χ1) is 10.5. The summed E-state index contributed by atoms with van der Waals surface area (Å²) in [6.07, 6.45) is 0. The molecular formula is C17H31N3O3S. The molecule has 1 amide bonds. The zero-order valence-electron chi connectivity index (χ0n) is 16.3. The van der Waals surface area contributed by atoms with Crippen LogP contribution in [0.1, 0.15) is 61.1 Å². The fraction of sp³-hybridized carbons (Fsp3) is 0.765. The number of nitrogens with one attached hydrogen (secondary N) is 1. The third-order valence-electron chi connectivity index (χ3n) is 3.84. The molecule has 1 N–H and O–H groups in total. The van der Waals surface area contributed by atoms with Crippen LogP contribution in [0.2, 0.25) is 0 Å². The average molecular weight is 358 g/mol. The molecule has 138 valence electrons. The van der Waals surface area contributed by atoms with E-state index in [-0.39, 0.29) is 11.2 Å². The lowest BCUT2D eigenvalue weighted by Crippen LogP contribution is -2.47. The molecule has 0 aliphatic carbocycles. The number of hydrogen-bond donors (Lipinski definition) is 1. The highest BCUT2D eigenvalue weighted by Gasteiger charge is 2.43. The molecule has 0 aliphatic heterocycles. The zero-order valence-corrected chi connectivity index (χ0v) is 17.1. The van der Waals surface area contributed by atoms with Crippen molar-refractivity contribution in [3.8, 4) is 0 Å². The maximum absolute atomic E-state index is 12.7. The Morgan fingerprint density at radius 2 is 1.62 bits per heavy atom. The molecular weight excluding hydrogens is 326 g/mol. The van der Waals surface area contributed by atoms with Crippen LogP contribution >= 0.6 is 0 Å². The van der Waals surface area contributed by atoms with E-state index in [1.165, 1.54) is 13.8 Å². The van der Waals surface area contributed by atoms with Gasteiger partial charge in [0.25, 0.3) is 0 Å². The van der Waals surface area contributed by atoms with Gasteiger partial charge in [0, 0.05) is 18.5 Å². The minimum Gasteiger partial charge on any atom is -0.310 e. The molecule has 0 aromatic carbocycles. The first-order valence-corrected chi connectivity index (χ1v) is 9.71. The lowest BCUT2D eigenvalue weighted by Gasteiger charge is -2.28. The van der Waals surface area contributed by atoms with Crippen LogP contribution in [-0.2, 0) is 27.1 Å². The molecule has 1 aromatic rings. The monoisotopic (exact) mass is 357 g/mol. The van der Waals surface area contributed by atoms with Crippen molar-refractivity contribution in [2.75, 3.05) is 11.1 Å². The number of anilines is 1. The Labute approximate surface area is 145 Å². The molecule has 0 spiro atoms. The second-order valence-corrected chi connectivity index (χ2v) is 11.6. The highest BCUT2D eigenvalue weighted by atomic mass is 32.2. The Kier molecular flexibility index (Phi) is 5.31. The van der Waals surface area contributed by atoms with Gasteiger partial charge in [0.15, 0.2) is 9.84 Å². The second-order valence-electron chi connectivity index (χ2n) is 9.07. The quantitative estimate of drug-likeness (QED) is 0.898. The van der Waals surface area contributed by atoms with E-state index in [1.54, 1.807) is 17.8 Å². The summed E-state index contributed by atoms with van der Waals surface area (Å²) in [5.74, 6) is -0.113. The van der Waals surface area contributed by atoms with Gasteiger partial charge in [-0.3, -0.25) is 9.48 Å². The van der Waals surface area contributed by atoms with Crippen molar-refractivity contribution in [3.63, 3.8) is 0 Å². The normalized spacial score (nSPS) is 13.9. The van der Waals surface area contributed by atoms with Gasteiger partial charge in [0.2, 0.25) is 5.91 Å². The SMILES string of the molecule is Cn1nc(C(C)(C)C)cc1NC(=O)C(C)(C)S(=O)(=O)CC(C)(C)C. The van der Waals surface area contributed by atoms with Crippen LogP contribution in [-0.4, -0.2) is 34.6 Å². The summed E-state index contributed by atoms with van der Waals surface area (Å²) in [6.45, 7) is 14.5. The van der Waals surface area contributed by atoms with E-state index in [4.69, 9.17) is 0 Å². The first kappa shape index (κ1) is 20.7. The Bertz CT molecular complexity index is 717. The topological polar surface area (TPSA) is 81.1 Å². The van der Waals surface area contributed by atoms with Crippen molar-refractivity contribution in [2.24, 2.45) is 12.5 Å². The van der Waals surface area contributed by atoms with E-state index in [0.717, 1.165) is 5.69 Å². The number of sulfone groups is 1. The summed E-state index contributed by atoms with van der Waals surface area (Å²) in [5.41, 5.74) is 0.257. The van der Waals surface area contributed by atoms with Gasteiger partial charge in [-0.1, -0.05) is 41.5 Å². The predicted octanol–water partition coefficient (Wildman–Crippen LogP) is 2.90. The van der Waals surface area contributed by atoms with Gasteiger partial charge in [-0.05, 0) is 19.3 Å². The molecule has 0 saturated heterocycles. The van der Waals surface area contributed by atoms with Crippen molar-refractivity contribution in [2.45, 2.75) is 65.6 Å².